The van der Waals surface area contributed by atoms with Gasteiger partial charge in [-0.05, 0) is 19.8 Å². The Labute approximate surface area is 79.4 Å². The maximum Gasteiger partial charge on any atom is 0.168 e. The van der Waals surface area contributed by atoms with E-state index in [1.165, 1.54) is 0 Å². The molecule has 0 amide bonds. The minimum atomic E-state index is -0.252. The van der Waals surface area contributed by atoms with Gasteiger partial charge < -0.3 is 14.2 Å². The summed E-state index contributed by atoms with van der Waals surface area (Å²) < 4.78 is 16.8. The lowest BCUT2D eigenvalue weighted by Crippen LogP contribution is -2.42. The second-order valence-electron chi connectivity index (χ2n) is 4.26. The molecule has 3 nitrogen and oxygen atoms in total. The minimum absolute atomic E-state index is 0.0422. The zero-order valence-electron chi connectivity index (χ0n) is 8.47. The van der Waals surface area contributed by atoms with E-state index in [4.69, 9.17) is 14.2 Å². The van der Waals surface area contributed by atoms with Gasteiger partial charge in [-0.25, -0.2) is 0 Å². The van der Waals surface area contributed by atoms with E-state index in [-0.39, 0.29) is 11.4 Å². The van der Waals surface area contributed by atoms with Crippen molar-refractivity contribution in [3.05, 3.63) is 0 Å². The topological polar surface area (TPSA) is 27.7 Å². The summed E-state index contributed by atoms with van der Waals surface area (Å²) in [7, 11) is 1.79. The minimum Gasteiger partial charge on any atom is -0.379 e. The first-order chi connectivity index (χ1) is 6.18. The molecule has 1 saturated carbocycles. The first-order valence-corrected chi connectivity index (χ1v) is 5.01. The van der Waals surface area contributed by atoms with Crippen molar-refractivity contribution < 1.29 is 14.2 Å². The standard InChI is InChI=1S/C10H18O3/c1-9(11-2)3-5-10(6-4-9)12-7-8-13-10/h3-8H2,1-2H3. The van der Waals surface area contributed by atoms with Crippen molar-refractivity contribution in [1.82, 2.24) is 0 Å². The molecule has 2 rings (SSSR count). The summed E-state index contributed by atoms with van der Waals surface area (Å²) in [4.78, 5) is 0. The second-order valence-corrected chi connectivity index (χ2v) is 4.26. The van der Waals surface area contributed by atoms with Crippen molar-refractivity contribution in [2.24, 2.45) is 0 Å². The lowest BCUT2D eigenvalue weighted by molar-refractivity contribution is -0.203. The second kappa shape index (κ2) is 3.23. The smallest absolute Gasteiger partial charge is 0.168 e. The van der Waals surface area contributed by atoms with Gasteiger partial charge in [0, 0.05) is 20.0 Å². The van der Waals surface area contributed by atoms with Crippen LogP contribution in [0.5, 0.6) is 0 Å². The molecular formula is C10H18O3. The van der Waals surface area contributed by atoms with Gasteiger partial charge in [0.2, 0.25) is 0 Å². The highest BCUT2D eigenvalue weighted by Crippen LogP contribution is 2.41. The Bertz CT molecular complexity index is 175. The van der Waals surface area contributed by atoms with E-state index in [1.807, 2.05) is 0 Å². The molecule has 1 heterocycles. The van der Waals surface area contributed by atoms with Gasteiger partial charge >= 0.3 is 0 Å². The van der Waals surface area contributed by atoms with E-state index >= 15 is 0 Å². The van der Waals surface area contributed by atoms with E-state index in [0.29, 0.717) is 0 Å². The first-order valence-electron chi connectivity index (χ1n) is 5.01. The van der Waals surface area contributed by atoms with Gasteiger partial charge in [-0.3, -0.25) is 0 Å². The van der Waals surface area contributed by atoms with Crippen LogP contribution in [-0.4, -0.2) is 31.7 Å². The summed E-state index contributed by atoms with van der Waals surface area (Å²) in [6.45, 7) is 3.67. The molecule has 0 atom stereocenters. The van der Waals surface area contributed by atoms with Crippen LogP contribution in [0, 0.1) is 0 Å². The van der Waals surface area contributed by atoms with Crippen molar-refractivity contribution in [1.29, 1.82) is 0 Å². The zero-order chi connectivity index (χ0) is 9.36. The van der Waals surface area contributed by atoms with Crippen LogP contribution in [0.15, 0.2) is 0 Å². The molecule has 1 aliphatic carbocycles. The molecule has 0 aromatic carbocycles. The Morgan fingerprint density at radius 1 is 1.00 bits per heavy atom. The van der Waals surface area contributed by atoms with Gasteiger partial charge in [0.1, 0.15) is 0 Å². The summed E-state index contributed by atoms with van der Waals surface area (Å²) in [6, 6.07) is 0. The fourth-order valence-corrected chi connectivity index (χ4v) is 2.15. The number of hydrogen-bond donors (Lipinski definition) is 0. The molecule has 0 N–H and O–H groups in total. The SMILES string of the molecule is COC1(C)CCC2(CC1)OCCO2. The average Bonchev–Trinajstić information content (AvgIpc) is 2.61. The fourth-order valence-electron chi connectivity index (χ4n) is 2.15. The monoisotopic (exact) mass is 186 g/mol. The highest BCUT2D eigenvalue weighted by Gasteiger charge is 2.44. The van der Waals surface area contributed by atoms with Gasteiger partial charge in [0.15, 0.2) is 5.79 Å². The van der Waals surface area contributed by atoms with E-state index in [9.17, 15) is 0 Å². The predicted octanol–water partition coefficient (Wildman–Crippen LogP) is 1.71. The van der Waals surface area contributed by atoms with Gasteiger partial charge in [-0.15, -0.1) is 0 Å². The van der Waals surface area contributed by atoms with Gasteiger partial charge in [-0.2, -0.15) is 0 Å². The van der Waals surface area contributed by atoms with E-state index < -0.39 is 0 Å². The molecule has 76 valence electrons. The molecule has 13 heavy (non-hydrogen) atoms. The third-order valence-corrected chi connectivity index (χ3v) is 3.38. The van der Waals surface area contributed by atoms with Crippen LogP contribution in [0.1, 0.15) is 32.6 Å². The maximum absolute atomic E-state index is 5.64. The van der Waals surface area contributed by atoms with Crippen LogP contribution >= 0.6 is 0 Å². The molecule has 3 heteroatoms. The van der Waals surface area contributed by atoms with E-state index in [1.54, 1.807) is 7.11 Å². The summed E-state index contributed by atoms with van der Waals surface area (Å²) in [6.07, 6.45) is 4.00. The molecule has 0 aromatic rings. The molecule has 2 fully saturated rings. The van der Waals surface area contributed by atoms with Gasteiger partial charge in [0.25, 0.3) is 0 Å². The highest BCUT2D eigenvalue weighted by molar-refractivity contribution is 4.89. The number of rotatable bonds is 1. The Hall–Kier alpha value is -0.120. The van der Waals surface area contributed by atoms with Crippen LogP contribution in [0.2, 0.25) is 0 Å². The molecule has 1 spiro atoms. The highest BCUT2D eigenvalue weighted by atomic mass is 16.7. The Balaban J connectivity index is 1.95. The van der Waals surface area contributed by atoms with Gasteiger partial charge in [-0.1, -0.05) is 0 Å². The molecule has 2 aliphatic rings. The largest absolute Gasteiger partial charge is 0.379 e. The molecular weight excluding hydrogens is 168 g/mol. The van der Waals surface area contributed by atoms with Crippen LogP contribution in [0.25, 0.3) is 0 Å². The lowest BCUT2D eigenvalue weighted by Gasteiger charge is -2.40. The Morgan fingerprint density at radius 2 is 1.54 bits per heavy atom. The predicted molar refractivity (Wildman–Crippen MR) is 48.5 cm³/mol. The maximum atomic E-state index is 5.64. The summed E-state index contributed by atoms with van der Waals surface area (Å²) in [5.74, 6) is -0.252. The van der Waals surface area contributed by atoms with Crippen LogP contribution in [0.4, 0.5) is 0 Å². The normalized spacial score (nSPS) is 30.9. The molecule has 0 unspecified atom stereocenters. The van der Waals surface area contributed by atoms with Crippen molar-refractivity contribution in [2.75, 3.05) is 20.3 Å². The summed E-state index contributed by atoms with van der Waals surface area (Å²) in [5.41, 5.74) is 0.0422. The fraction of sp³-hybridized carbons (Fsp3) is 1.00. The van der Waals surface area contributed by atoms with Crippen LogP contribution in [0.3, 0.4) is 0 Å². The zero-order valence-corrected chi connectivity index (χ0v) is 8.47. The number of ether oxygens (including phenoxy) is 3. The molecule has 0 aromatic heterocycles. The molecule has 0 radical (unpaired) electrons. The van der Waals surface area contributed by atoms with E-state index in [0.717, 1.165) is 38.9 Å². The van der Waals surface area contributed by atoms with Crippen LogP contribution in [-0.2, 0) is 14.2 Å². The Kier molecular flexibility index (Phi) is 2.34. The molecule has 0 bridgehead atoms. The number of hydrogen-bond acceptors (Lipinski definition) is 3. The van der Waals surface area contributed by atoms with E-state index in [2.05, 4.69) is 6.92 Å². The average molecular weight is 186 g/mol. The summed E-state index contributed by atoms with van der Waals surface area (Å²) >= 11 is 0. The van der Waals surface area contributed by atoms with Crippen molar-refractivity contribution in [2.45, 2.75) is 44.0 Å². The van der Waals surface area contributed by atoms with Crippen molar-refractivity contribution in [3.8, 4) is 0 Å². The van der Waals surface area contributed by atoms with Crippen LogP contribution < -0.4 is 0 Å². The van der Waals surface area contributed by atoms with Crippen molar-refractivity contribution >= 4 is 0 Å². The number of methoxy groups -OCH3 is 1. The third-order valence-electron chi connectivity index (χ3n) is 3.38. The summed E-state index contributed by atoms with van der Waals surface area (Å²) in [5, 5.41) is 0. The van der Waals surface area contributed by atoms with Crippen molar-refractivity contribution in [3.63, 3.8) is 0 Å². The quantitative estimate of drug-likeness (QED) is 0.624. The Morgan fingerprint density at radius 3 is 2.00 bits per heavy atom. The third kappa shape index (κ3) is 1.73. The van der Waals surface area contributed by atoms with Gasteiger partial charge in [0.05, 0.1) is 18.8 Å². The molecule has 1 saturated heterocycles. The lowest BCUT2D eigenvalue weighted by atomic mass is 9.82. The molecule has 1 aliphatic heterocycles. The first kappa shape index (κ1) is 9.44.